The molecule has 0 bridgehead atoms. The quantitative estimate of drug-likeness (QED) is 0.813. The number of nitriles is 1. The highest BCUT2D eigenvalue weighted by atomic mass is 16.5. The third-order valence-corrected chi connectivity index (χ3v) is 3.60. The third-order valence-electron chi connectivity index (χ3n) is 3.60. The number of hydrogen-bond acceptors (Lipinski definition) is 5. The minimum absolute atomic E-state index is 0.158. The van der Waals surface area contributed by atoms with Crippen LogP contribution in [0.1, 0.15) is 31.7 Å². The average Bonchev–Trinajstić information content (AvgIpc) is 2.78. The molecule has 2 N–H and O–H groups in total. The van der Waals surface area contributed by atoms with Crippen molar-refractivity contribution in [2.45, 2.75) is 32.2 Å². The fraction of sp³-hybridized carbons (Fsp3) is 0.471. The van der Waals surface area contributed by atoms with Crippen molar-refractivity contribution in [3.8, 4) is 17.6 Å². The van der Waals surface area contributed by atoms with Gasteiger partial charge in [-0.25, -0.2) is 0 Å². The van der Waals surface area contributed by atoms with E-state index in [4.69, 9.17) is 14.7 Å². The Labute approximate surface area is 140 Å². The van der Waals surface area contributed by atoms with Gasteiger partial charge in [-0.05, 0) is 38.3 Å². The molecule has 1 aliphatic rings. The maximum Gasteiger partial charge on any atom is 0.258 e. The summed E-state index contributed by atoms with van der Waals surface area (Å²) in [7, 11) is 0. The highest BCUT2D eigenvalue weighted by molar-refractivity contribution is 5.88. The molecule has 1 atom stereocenters. The van der Waals surface area contributed by atoms with Gasteiger partial charge in [0.15, 0.2) is 18.1 Å². The molecule has 0 aliphatic carbocycles. The lowest BCUT2D eigenvalue weighted by molar-refractivity contribution is -0.129. The molecule has 1 aliphatic heterocycles. The van der Waals surface area contributed by atoms with Crippen molar-refractivity contribution in [3.63, 3.8) is 0 Å². The van der Waals surface area contributed by atoms with Gasteiger partial charge in [-0.15, -0.1) is 0 Å². The van der Waals surface area contributed by atoms with Gasteiger partial charge in [0.05, 0.1) is 18.2 Å². The van der Waals surface area contributed by atoms with E-state index in [0.717, 1.165) is 12.8 Å². The van der Waals surface area contributed by atoms with Crippen molar-refractivity contribution in [2.24, 2.45) is 0 Å². The molecule has 0 saturated carbocycles. The first-order valence-electron chi connectivity index (χ1n) is 8.01. The Kier molecular flexibility index (Phi) is 6.43. The molecule has 7 nitrogen and oxygen atoms in total. The lowest BCUT2D eigenvalue weighted by Crippen LogP contribution is -2.46. The van der Waals surface area contributed by atoms with Crippen LogP contribution in [-0.2, 0) is 9.59 Å². The van der Waals surface area contributed by atoms with Crippen LogP contribution in [0, 0.1) is 11.3 Å². The van der Waals surface area contributed by atoms with Crippen LogP contribution in [-0.4, -0.2) is 37.6 Å². The van der Waals surface area contributed by atoms with Gasteiger partial charge in [0, 0.05) is 12.6 Å². The summed E-state index contributed by atoms with van der Waals surface area (Å²) < 4.78 is 10.9. The molecular formula is C17H21N3O4. The summed E-state index contributed by atoms with van der Waals surface area (Å²) in [6.45, 7) is 2.65. The summed E-state index contributed by atoms with van der Waals surface area (Å²) >= 11 is 0. The van der Waals surface area contributed by atoms with E-state index in [1.165, 1.54) is 0 Å². The number of rotatable bonds is 6. The van der Waals surface area contributed by atoms with Gasteiger partial charge < -0.3 is 20.1 Å². The Bertz CT molecular complexity index is 639. The Morgan fingerprint density at radius 1 is 1.38 bits per heavy atom. The van der Waals surface area contributed by atoms with E-state index in [1.807, 2.05) is 13.0 Å². The molecule has 0 aromatic heterocycles. The topological polar surface area (TPSA) is 100 Å². The first kappa shape index (κ1) is 17.6. The van der Waals surface area contributed by atoms with Gasteiger partial charge >= 0.3 is 0 Å². The number of hydrogen-bond donors (Lipinski definition) is 2. The minimum atomic E-state index is -0.518. The van der Waals surface area contributed by atoms with Crippen LogP contribution in [0.25, 0.3) is 0 Å². The zero-order valence-corrected chi connectivity index (χ0v) is 13.6. The molecule has 1 fully saturated rings. The van der Waals surface area contributed by atoms with Gasteiger partial charge in [0.2, 0.25) is 5.91 Å². The smallest absolute Gasteiger partial charge is 0.258 e. The highest BCUT2D eigenvalue weighted by Gasteiger charge is 2.22. The fourth-order valence-electron chi connectivity index (χ4n) is 2.42. The second-order valence-electron chi connectivity index (χ2n) is 5.40. The highest BCUT2D eigenvalue weighted by Crippen LogP contribution is 2.28. The number of benzene rings is 1. The summed E-state index contributed by atoms with van der Waals surface area (Å²) in [6.07, 6.45) is 2.42. The lowest BCUT2D eigenvalue weighted by atomic mass is 10.1. The van der Waals surface area contributed by atoms with E-state index >= 15 is 0 Å². The lowest BCUT2D eigenvalue weighted by Gasteiger charge is -2.16. The second-order valence-corrected chi connectivity index (χ2v) is 5.40. The zero-order chi connectivity index (χ0) is 17.4. The number of nitrogens with one attached hydrogen (secondary N) is 2. The first-order chi connectivity index (χ1) is 11.6. The van der Waals surface area contributed by atoms with Crippen LogP contribution in [0.15, 0.2) is 18.2 Å². The van der Waals surface area contributed by atoms with Crippen LogP contribution in [0.5, 0.6) is 11.5 Å². The third kappa shape index (κ3) is 4.88. The summed E-state index contributed by atoms with van der Waals surface area (Å²) in [5.41, 5.74) is 0.449. The monoisotopic (exact) mass is 331 g/mol. The van der Waals surface area contributed by atoms with Gasteiger partial charge in [-0.2, -0.15) is 5.26 Å². The van der Waals surface area contributed by atoms with Gasteiger partial charge in [0.1, 0.15) is 6.04 Å². The molecule has 1 aromatic carbocycles. The van der Waals surface area contributed by atoms with Gasteiger partial charge in [0.25, 0.3) is 5.91 Å². The number of nitrogens with zero attached hydrogens (tertiary/aromatic N) is 1. The van der Waals surface area contributed by atoms with Crippen molar-refractivity contribution in [1.82, 2.24) is 10.6 Å². The molecule has 1 saturated heterocycles. The Balaban J connectivity index is 1.93. The molecular weight excluding hydrogens is 310 g/mol. The maximum atomic E-state index is 12.0. The van der Waals surface area contributed by atoms with Gasteiger partial charge in [-0.3, -0.25) is 9.59 Å². The van der Waals surface area contributed by atoms with Crippen LogP contribution in [0.4, 0.5) is 0 Å². The van der Waals surface area contributed by atoms with E-state index in [-0.39, 0.29) is 18.4 Å². The Morgan fingerprint density at radius 2 is 2.21 bits per heavy atom. The number of ether oxygens (including phenoxy) is 2. The summed E-state index contributed by atoms with van der Waals surface area (Å²) in [6, 6.07) is 6.26. The predicted octanol–water partition coefficient (Wildman–Crippen LogP) is 1.12. The van der Waals surface area contributed by atoms with Gasteiger partial charge in [-0.1, -0.05) is 0 Å². The number of carbonyl (C=O) groups excluding carboxylic acids is 2. The molecule has 0 radical (unpaired) electrons. The number of carbonyl (C=O) groups is 2. The van der Waals surface area contributed by atoms with Crippen molar-refractivity contribution < 1.29 is 19.1 Å². The van der Waals surface area contributed by atoms with Crippen molar-refractivity contribution >= 4 is 11.8 Å². The standard InChI is InChI=1S/C17H21N3O4/c1-2-23-15-9-12(10-18)6-7-14(15)24-11-16(21)20-13-5-3-4-8-19-17(13)22/h6-7,9,13H,2-5,8,11H2,1H3,(H,19,22)(H,20,21)/t13-/m1/s1. The fourth-order valence-corrected chi connectivity index (χ4v) is 2.42. The molecule has 128 valence electrons. The van der Waals surface area contributed by atoms with Crippen LogP contribution in [0.2, 0.25) is 0 Å². The van der Waals surface area contributed by atoms with E-state index in [2.05, 4.69) is 10.6 Å². The van der Waals surface area contributed by atoms with Crippen LogP contribution < -0.4 is 20.1 Å². The zero-order valence-electron chi connectivity index (χ0n) is 13.6. The molecule has 1 aromatic rings. The van der Waals surface area contributed by atoms with Crippen molar-refractivity contribution in [2.75, 3.05) is 19.8 Å². The SMILES string of the molecule is CCOc1cc(C#N)ccc1OCC(=O)N[C@@H]1CCCCNC1=O. The molecule has 1 heterocycles. The summed E-state index contributed by atoms with van der Waals surface area (Å²) in [5.74, 6) is 0.269. The van der Waals surface area contributed by atoms with Crippen LogP contribution in [0.3, 0.4) is 0 Å². The number of amides is 2. The molecule has 7 heteroatoms. The van der Waals surface area contributed by atoms with E-state index < -0.39 is 6.04 Å². The Morgan fingerprint density at radius 3 is 2.96 bits per heavy atom. The average molecular weight is 331 g/mol. The molecule has 2 rings (SSSR count). The Hall–Kier alpha value is -2.75. The van der Waals surface area contributed by atoms with Crippen molar-refractivity contribution in [1.29, 1.82) is 5.26 Å². The predicted molar refractivity (Wildman–Crippen MR) is 86.6 cm³/mol. The van der Waals surface area contributed by atoms with E-state index in [1.54, 1.807) is 18.2 Å². The largest absolute Gasteiger partial charge is 0.490 e. The van der Waals surface area contributed by atoms with E-state index in [9.17, 15) is 9.59 Å². The minimum Gasteiger partial charge on any atom is -0.490 e. The normalized spacial score (nSPS) is 17.2. The van der Waals surface area contributed by atoms with Crippen molar-refractivity contribution in [3.05, 3.63) is 23.8 Å². The first-order valence-corrected chi connectivity index (χ1v) is 8.01. The van der Waals surface area contributed by atoms with E-state index in [0.29, 0.717) is 36.6 Å². The molecule has 2 amide bonds. The summed E-state index contributed by atoms with van der Waals surface area (Å²) in [4.78, 5) is 23.8. The molecule has 0 unspecified atom stereocenters. The molecule has 0 spiro atoms. The van der Waals surface area contributed by atoms with Crippen LogP contribution >= 0.6 is 0 Å². The summed E-state index contributed by atoms with van der Waals surface area (Å²) in [5, 5.41) is 14.4. The maximum absolute atomic E-state index is 12.0. The molecule has 24 heavy (non-hydrogen) atoms. The second kappa shape index (κ2) is 8.77.